The molecule has 0 spiro atoms. The summed E-state index contributed by atoms with van der Waals surface area (Å²) in [7, 11) is 0. The van der Waals surface area contributed by atoms with Crippen LogP contribution in [-0.4, -0.2) is 35.0 Å². The van der Waals surface area contributed by atoms with Crippen LogP contribution in [0.25, 0.3) is 11.3 Å². The second kappa shape index (κ2) is 8.97. The minimum atomic E-state index is -1.10. The lowest BCUT2D eigenvalue weighted by Crippen LogP contribution is -2.47. The zero-order valence-electron chi connectivity index (χ0n) is 15.9. The lowest BCUT2D eigenvalue weighted by molar-refractivity contribution is -0.127. The monoisotopic (exact) mass is 401 g/mol. The average Bonchev–Trinajstić information content (AvgIpc) is 3.31. The molecule has 1 aromatic carbocycles. The maximum absolute atomic E-state index is 12.6. The number of esters is 1. The van der Waals surface area contributed by atoms with E-state index in [-0.39, 0.29) is 6.04 Å². The quantitative estimate of drug-likeness (QED) is 0.748. The molecule has 1 saturated carbocycles. The molecule has 0 unspecified atom stereocenters. The molecule has 1 aromatic heterocycles. The number of thiazole rings is 1. The summed E-state index contributed by atoms with van der Waals surface area (Å²) in [6, 6.07) is 8.85. The van der Waals surface area contributed by atoms with Crippen LogP contribution < -0.4 is 10.6 Å². The smallest absolute Gasteiger partial charge is 0.351 e. The van der Waals surface area contributed by atoms with Gasteiger partial charge < -0.3 is 10.1 Å². The maximum atomic E-state index is 12.6. The first-order chi connectivity index (χ1) is 13.4. The molecule has 148 valence electrons. The van der Waals surface area contributed by atoms with Crippen molar-refractivity contribution in [2.45, 2.75) is 51.7 Å². The summed E-state index contributed by atoms with van der Waals surface area (Å²) in [4.78, 5) is 41.5. The lowest BCUT2D eigenvalue weighted by Gasteiger charge is -2.15. The number of carbonyl (C=O) groups is 3. The number of aromatic nitrogens is 1. The Balaban J connectivity index is 1.61. The summed E-state index contributed by atoms with van der Waals surface area (Å²) in [6.07, 6.45) is 2.88. The number of amides is 3. The molecule has 0 aliphatic heterocycles. The van der Waals surface area contributed by atoms with E-state index in [2.05, 4.69) is 15.6 Å². The highest BCUT2D eigenvalue weighted by atomic mass is 32.1. The van der Waals surface area contributed by atoms with Gasteiger partial charge >= 0.3 is 12.0 Å². The predicted molar refractivity (Wildman–Crippen MR) is 106 cm³/mol. The van der Waals surface area contributed by atoms with Gasteiger partial charge in [0.05, 0.1) is 10.7 Å². The minimum Gasteiger partial charge on any atom is -0.448 e. The van der Waals surface area contributed by atoms with Gasteiger partial charge in [0.15, 0.2) is 6.10 Å². The number of carbonyl (C=O) groups excluding carboxylic acids is 3. The van der Waals surface area contributed by atoms with E-state index in [4.69, 9.17) is 4.74 Å². The molecule has 3 rings (SSSR count). The normalized spacial score (nSPS) is 15.1. The van der Waals surface area contributed by atoms with Crippen molar-refractivity contribution in [1.82, 2.24) is 15.6 Å². The Morgan fingerprint density at radius 1 is 1.18 bits per heavy atom. The van der Waals surface area contributed by atoms with Crippen LogP contribution in [0.5, 0.6) is 0 Å². The van der Waals surface area contributed by atoms with Gasteiger partial charge in [-0.2, -0.15) is 0 Å². The third-order valence-electron chi connectivity index (χ3n) is 4.55. The first-order valence-corrected chi connectivity index (χ1v) is 10.1. The molecular weight excluding hydrogens is 378 g/mol. The number of ether oxygens (including phenoxy) is 1. The second-order valence-electron chi connectivity index (χ2n) is 6.77. The van der Waals surface area contributed by atoms with E-state index in [1.54, 1.807) is 6.92 Å². The van der Waals surface area contributed by atoms with E-state index < -0.39 is 24.0 Å². The molecule has 0 radical (unpaired) electrons. The molecule has 0 bridgehead atoms. The number of nitrogens with one attached hydrogen (secondary N) is 2. The van der Waals surface area contributed by atoms with Gasteiger partial charge in [-0.05, 0) is 26.7 Å². The third kappa shape index (κ3) is 4.95. The van der Waals surface area contributed by atoms with Crippen LogP contribution in [0, 0.1) is 6.92 Å². The van der Waals surface area contributed by atoms with E-state index in [0.29, 0.717) is 10.6 Å². The highest BCUT2D eigenvalue weighted by Crippen LogP contribution is 2.28. The van der Waals surface area contributed by atoms with Crippen LogP contribution >= 0.6 is 11.3 Å². The highest BCUT2D eigenvalue weighted by Gasteiger charge is 2.26. The van der Waals surface area contributed by atoms with Gasteiger partial charge in [0, 0.05) is 11.6 Å². The lowest BCUT2D eigenvalue weighted by atomic mass is 10.1. The van der Waals surface area contributed by atoms with Crippen LogP contribution in [0.2, 0.25) is 0 Å². The summed E-state index contributed by atoms with van der Waals surface area (Å²) >= 11 is 1.21. The molecule has 28 heavy (non-hydrogen) atoms. The Labute approximate surface area is 167 Å². The van der Waals surface area contributed by atoms with Crippen molar-refractivity contribution in [2.75, 3.05) is 0 Å². The fourth-order valence-corrected chi connectivity index (χ4v) is 3.95. The number of nitrogens with zero attached hydrogens (tertiary/aromatic N) is 1. The molecule has 1 heterocycles. The number of rotatable bonds is 5. The fourth-order valence-electron chi connectivity index (χ4n) is 3.13. The first kappa shape index (κ1) is 20.0. The van der Waals surface area contributed by atoms with Crippen molar-refractivity contribution >= 4 is 29.2 Å². The number of imide groups is 1. The van der Waals surface area contributed by atoms with Gasteiger partial charge in [-0.25, -0.2) is 14.6 Å². The van der Waals surface area contributed by atoms with Crippen LogP contribution in [0.4, 0.5) is 4.79 Å². The van der Waals surface area contributed by atoms with Crippen molar-refractivity contribution in [2.24, 2.45) is 0 Å². The van der Waals surface area contributed by atoms with Crippen molar-refractivity contribution in [1.29, 1.82) is 0 Å². The van der Waals surface area contributed by atoms with Gasteiger partial charge in [0.25, 0.3) is 5.91 Å². The number of hydrogen-bond acceptors (Lipinski definition) is 6. The summed E-state index contributed by atoms with van der Waals surface area (Å²) in [6.45, 7) is 3.24. The Morgan fingerprint density at radius 2 is 1.86 bits per heavy atom. The highest BCUT2D eigenvalue weighted by molar-refractivity contribution is 7.14. The number of urea groups is 1. The van der Waals surface area contributed by atoms with E-state index >= 15 is 0 Å². The molecule has 1 aliphatic carbocycles. The molecule has 3 amide bonds. The Morgan fingerprint density at radius 3 is 2.54 bits per heavy atom. The third-order valence-corrected chi connectivity index (χ3v) is 5.50. The molecule has 1 atom stereocenters. The van der Waals surface area contributed by atoms with Gasteiger partial charge in [-0.1, -0.05) is 43.2 Å². The topological polar surface area (TPSA) is 97.4 Å². The maximum Gasteiger partial charge on any atom is 0.351 e. The molecule has 0 saturated heterocycles. The number of benzene rings is 1. The van der Waals surface area contributed by atoms with Gasteiger partial charge in [0.1, 0.15) is 4.88 Å². The van der Waals surface area contributed by atoms with Crippen LogP contribution in [0.3, 0.4) is 0 Å². The largest absolute Gasteiger partial charge is 0.448 e. The molecule has 2 aromatic rings. The van der Waals surface area contributed by atoms with Crippen LogP contribution in [0.15, 0.2) is 30.3 Å². The molecule has 1 fully saturated rings. The van der Waals surface area contributed by atoms with Crippen LogP contribution in [-0.2, 0) is 9.53 Å². The summed E-state index contributed by atoms with van der Waals surface area (Å²) < 4.78 is 5.28. The molecule has 7 nitrogen and oxygen atoms in total. The molecule has 2 N–H and O–H groups in total. The minimum absolute atomic E-state index is 0.0965. The second-order valence-corrected chi connectivity index (χ2v) is 7.97. The Bertz CT molecular complexity index is 860. The standard InChI is InChI=1S/C20H23N3O4S/c1-12(18(24)23-20(26)22-15-10-6-7-11-15)27-19(25)17-16(21-13(2)28-17)14-8-4-3-5-9-14/h3-5,8-9,12,15H,6-7,10-11H2,1-2H3,(H2,22,23,24,26)/t12-/m0/s1. The summed E-state index contributed by atoms with van der Waals surface area (Å²) in [5, 5.41) is 5.72. The predicted octanol–water partition coefficient (Wildman–Crippen LogP) is 3.43. The van der Waals surface area contributed by atoms with Crippen molar-refractivity contribution in [3.63, 3.8) is 0 Å². The number of hydrogen-bond donors (Lipinski definition) is 2. The molecule has 8 heteroatoms. The van der Waals surface area contributed by atoms with Gasteiger partial charge in [0.2, 0.25) is 0 Å². The average molecular weight is 401 g/mol. The van der Waals surface area contributed by atoms with Gasteiger partial charge in [-0.15, -0.1) is 11.3 Å². The summed E-state index contributed by atoms with van der Waals surface area (Å²) in [5.41, 5.74) is 1.33. The zero-order valence-corrected chi connectivity index (χ0v) is 16.7. The van der Waals surface area contributed by atoms with Crippen molar-refractivity contribution < 1.29 is 19.1 Å². The summed E-state index contributed by atoms with van der Waals surface area (Å²) in [5.74, 6) is -1.30. The Kier molecular flexibility index (Phi) is 6.41. The first-order valence-electron chi connectivity index (χ1n) is 9.29. The number of aryl methyl sites for hydroxylation is 1. The SMILES string of the molecule is Cc1nc(-c2ccccc2)c(C(=O)O[C@@H](C)C(=O)NC(=O)NC2CCCC2)s1. The van der Waals surface area contributed by atoms with Crippen LogP contribution in [0.1, 0.15) is 47.3 Å². The van der Waals surface area contributed by atoms with E-state index in [1.807, 2.05) is 30.3 Å². The van der Waals surface area contributed by atoms with Crippen molar-refractivity contribution in [3.05, 3.63) is 40.2 Å². The van der Waals surface area contributed by atoms with E-state index in [0.717, 1.165) is 36.3 Å². The molecular formula is C20H23N3O4S. The van der Waals surface area contributed by atoms with Crippen molar-refractivity contribution in [3.8, 4) is 11.3 Å². The van der Waals surface area contributed by atoms with E-state index in [1.165, 1.54) is 18.3 Å². The Hall–Kier alpha value is -2.74. The zero-order chi connectivity index (χ0) is 20.1. The fraction of sp³-hybridized carbons (Fsp3) is 0.400. The molecule has 1 aliphatic rings. The van der Waals surface area contributed by atoms with E-state index in [9.17, 15) is 14.4 Å². The van der Waals surface area contributed by atoms with Gasteiger partial charge in [-0.3, -0.25) is 10.1 Å².